The highest BCUT2D eigenvalue weighted by molar-refractivity contribution is 7.70. The second-order valence-electron chi connectivity index (χ2n) is 5.84. The van der Waals surface area contributed by atoms with Gasteiger partial charge in [-0.25, -0.2) is 5.48 Å². The Labute approximate surface area is 133 Å². The van der Waals surface area contributed by atoms with E-state index in [9.17, 15) is 9.36 Å². The van der Waals surface area contributed by atoms with Gasteiger partial charge in [-0.2, -0.15) is 0 Å². The molecule has 0 amide bonds. The molecule has 4 N–H and O–H groups in total. The number of carbonyl (C=O) groups excluding carboxylic acids is 1. The summed E-state index contributed by atoms with van der Waals surface area (Å²) in [7, 11) is -4.50. The lowest BCUT2D eigenvalue weighted by molar-refractivity contribution is -0.113. The molecule has 0 aliphatic carbocycles. The van der Waals surface area contributed by atoms with Crippen molar-refractivity contribution in [2.24, 2.45) is 0 Å². The number of nitrogens with one attached hydrogen (secondary N) is 1. The Morgan fingerprint density at radius 3 is 1.45 bits per heavy atom. The van der Waals surface area contributed by atoms with E-state index in [1.807, 2.05) is 0 Å². The standard InChI is InChI=1S/C15H32NO5P/c17-15(22(19,20)21)13-11-9-7-5-3-1-2-4-6-8-10-12-14-16-18/h16,18H,1-14H2,(H2,19,20,21). The number of unbranched alkanes of at least 4 members (excludes halogenated alkanes) is 11. The molecule has 0 aromatic carbocycles. The highest BCUT2D eigenvalue weighted by atomic mass is 31.2. The third-order valence-corrected chi connectivity index (χ3v) is 4.63. The molecule has 0 spiro atoms. The van der Waals surface area contributed by atoms with Gasteiger partial charge >= 0.3 is 7.60 Å². The van der Waals surface area contributed by atoms with Gasteiger partial charge in [0.2, 0.25) is 5.52 Å². The first-order chi connectivity index (χ1) is 10.5. The number of hydroxylamine groups is 1. The molecule has 0 fully saturated rings. The predicted molar refractivity (Wildman–Crippen MR) is 86.9 cm³/mol. The monoisotopic (exact) mass is 337 g/mol. The van der Waals surface area contributed by atoms with Crippen molar-refractivity contribution in [1.29, 1.82) is 0 Å². The zero-order valence-corrected chi connectivity index (χ0v) is 14.4. The maximum Gasteiger partial charge on any atom is 0.391 e. The Kier molecular flexibility index (Phi) is 14.2. The molecule has 0 unspecified atom stereocenters. The number of hydrogen-bond donors (Lipinski definition) is 4. The minimum atomic E-state index is -4.50. The number of rotatable bonds is 16. The number of carbonyl (C=O) groups is 1. The van der Waals surface area contributed by atoms with Gasteiger partial charge in [0.15, 0.2) is 0 Å². The van der Waals surface area contributed by atoms with Crippen LogP contribution in [0, 0.1) is 0 Å². The SMILES string of the molecule is O=C(CCCCCCCCCCCCCCNO)P(=O)(O)O. The van der Waals surface area contributed by atoms with Crippen molar-refractivity contribution >= 4 is 13.1 Å². The van der Waals surface area contributed by atoms with Crippen LogP contribution in [0.15, 0.2) is 0 Å². The average Bonchev–Trinajstić information content (AvgIpc) is 2.46. The van der Waals surface area contributed by atoms with Crippen LogP contribution in [0.4, 0.5) is 0 Å². The summed E-state index contributed by atoms with van der Waals surface area (Å²) in [6, 6.07) is 0. The molecule has 0 aromatic rings. The maximum absolute atomic E-state index is 11.0. The molecule has 7 heteroatoms. The van der Waals surface area contributed by atoms with E-state index in [1.165, 1.54) is 44.9 Å². The number of hydrogen-bond acceptors (Lipinski definition) is 4. The van der Waals surface area contributed by atoms with Gasteiger partial charge in [0, 0.05) is 13.0 Å². The Morgan fingerprint density at radius 1 is 0.727 bits per heavy atom. The summed E-state index contributed by atoms with van der Waals surface area (Å²) in [6.07, 6.45) is 13.2. The second kappa shape index (κ2) is 14.3. The summed E-state index contributed by atoms with van der Waals surface area (Å²) < 4.78 is 10.6. The van der Waals surface area contributed by atoms with Crippen LogP contribution in [0.5, 0.6) is 0 Å². The van der Waals surface area contributed by atoms with Gasteiger partial charge in [-0.15, -0.1) is 0 Å². The zero-order valence-electron chi connectivity index (χ0n) is 13.5. The molecule has 0 saturated carbocycles. The van der Waals surface area contributed by atoms with Crippen molar-refractivity contribution < 1.29 is 24.4 Å². The minimum absolute atomic E-state index is 0.00389. The van der Waals surface area contributed by atoms with Gasteiger partial charge in [0.1, 0.15) is 0 Å². The fourth-order valence-electron chi connectivity index (χ4n) is 2.39. The zero-order chi connectivity index (χ0) is 16.7. The maximum atomic E-state index is 11.0. The van der Waals surface area contributed by atoms with Crippen LogP contribution in [-0.4, -0.2) is 27.1 Å². The van der Waals surface area contributed by atoms with Crippen LogP contribution in [0.1, 0.15) is 83.5 Å². The summed E-state index contributed by atoms with van der Waals surface area (Å²) in [5.74, 6) is 0. The van der Waals surface area contributed by atoms with Crippen molar-refractivity contribution in [2.45, 2.75) is 83.5 Å². The molecule has 0 aliphatic rings. The Hall–Kier alpha value is -0.260. The average molecular weight is 337 g/mol. The molecular weight excluding hydrogens is 305 g/mol. The van der Waals surface area contributed by atoms with E-state index in [-0.39, 0.29) is 6.42 Å². The van der Waals surface area contributed by atoms with E-state index in [1.54, 1.807) is 0 Å². The van der Waals surface area contributed by atoms with E-state index in [0.717, 1.165) is 25.7 Å². The molecule has 0 aromatic heterocycles. The Bertz CT molecular complexity index is 319. The molecule has 132 valence electrons. The van der Waals surface area contributed by atoms with Gasteiger partial charge in [-0.1, -0.05) is 64.2 Å². The lowest BCUT2D eigenvalue weighted by Gasteiger charge is -2.04. The van der Waals surface area contributed by atoms with Crippen molar-refractivity contribution in [1.82, 2.24) is 5.48 Å². The van der Waals surface area contributed by atoms with Gasteiger partial charge < -0.3 is 15.0 Å². The molecule has 6 nitrogen and oxygen atoms in total. The van der Waals surface area contributed by atoms with Crippen LogP contribution < -0.4 is 5.48 Å². The molecule has 0 bridgehead atoms. The predicted octanol–water partition coefficient (Wildman–Crippen LogP) is 3.74. The first kappa shape index (κ1) is 21.7. The van der Waals surface area contributed by atoms with Crippen molar-refractivity contribution in [3.05, 3.63) is 0 Å². The van der Waals surface area contributed by atoms with E-state index < -0.39 is 13.1 Å². The molecule has 0 heterocycles. The van der Waals surface area contributed by atoms with Gasteiger partial charge in [-0.05, 0) is 12.8 Å². The Morgan fingerprint density at radius 2 is 1.09 bits per heavy atom. The van der Waals surface area contributed by atoms with Crippen LogP contribution in [0.25, 0.3) is 0 Å². The smallest absolute Gasteiger partial charge is 0.319 e. The fourth-order valence-corrected chi connectivity index (χ4v) is 2.84. The summed E-state index contributed by atoms with van der Waals surface area (Å²) in [5, 5.41) is 8.40. The summed E-state index contributed by atoms with van der Waals surface area (Å²) in [4.78, 5) is 28.3. The summed E-state index contributed by atoms with van der Waals surface area (Å²) in [5.41, 5.74) is 1.24. The van der Waals surface area contributed by atoms with Crippen LogP contribution in [0.2, 0.25) is 0 Å². The second-order valence-corrected chi connectivity index (χ2v) is 7.43. The van der Waals surface area contributed by atoms with E-state index in [2.05, 4.69) is 5.48 Å². The highest BCUT2D eigenvalue weighted by Gasteiger charge is 2.24. The molecule has 0 radical (unpaired) electrons. The molecule has 0 atom stereocenters. The van der Waals surface area contributed by atoms with Crippen LogP contribution in [0.3, 0.4) is 0 Å². The molecule has 0 aliphatic heterocycles. The van der Waals surface area contributed by atoms with Crippen molar-refractivity contribution in [2.75, 3.05) is 6.54 Å². The van der Waals surface area contributed by atoms with E-state index >= 15 is 0 Å². The van der Waals surface area contributed by atoms with Gasteiger partial charge in [0.25, 0.3) is 0 Å². The lowest BCUT2D eigenvalue weighted by Crippen LogP contribution is -2.07. The highest BCUT2D eigenvalue weighted by Crippen LogP contribution is 2.37. The molecule has 22 heavy (non-hydrogen) atoms. The molecular formula is C15H32NO5P. The van der Waals surface area contributed by atoms with Crippen molar-refractivity contribution in [3.8, 4) is 0 Å². The normalized spacial score (nSPS) is 11.8. The quantitative estimate of drug-likeness (QED) is 0.194. The molecule has 0 saturated heterocycles. The fraction of sp³-hybridized carbons (Fsp3) is 0.933. The third kappa shape index (κ3) is 14.7. The topological polar surface area (TPSA) is 107 Å². The lowest BCUT2D eigenvalue weighted by atomic mass is 10.0. The van der Waals surface area contributed by atoms with E-state index in [0.29, 0.717) is 13.0 Å². The Balaban J connectivity index is 3.15. The van der Waals surface area contributed by atoms with Gasteiger partial charge in [-0.3, -0.25) is 9.36 Å². The molecule has 0 rings (SSSR count). The van der Waals surface area contributed by atoms with E-state index in [4.69, 9.17) is 15.0 Å². The van der Waals surface area contributed by atoms with Crippen molar-refractivity contribution in [3.63, 3.8) is 0 Å². The van der Waals surface area contributed by atoms with Gasteiger partial charge in [0.05, 0.1) is 0 Å². The minimum Gasteiger partial charge on any atom is -0.319 e. The van der Waals surface area contributed by atoms with Crippen LogP contribution in [-0.2, 0) is 9.36 Å². The largest absolute Gasteiger partial charge is 0.391 e. The first-order valence-corrected chi connectivity index (χ1v) is 10.1. The summed E-state index contributed by atoms with van der Waals surface area (Å²) in [6.45, 7) is 0.680. The van der Waals surface area contributed by atoms with Crippen LogP contribution >= 0.6 is 7.60 Å². The summed E-state index contributed by atoms with van der Waals surface area (Å²) >= 11 is 0. The third-order valence-electron chi connectivity index (χ3n) is 3.75. The first-order valence-electron chi connectivity index (χ1n) is 8.44.